The molecule has 2 aromatic carbocycles. The summed E-state index contributed by atoms with van der Waals surface area (Å²) in [5.74, 6) is -0.811. The average molecular weight is 269 g/mol. The number of anilines is 1. The van der Waals surface area contributed by atoms with Crippen molar-refractivity contribution in [2.24, 2.45) is 0 Å². The first kappa shape index (κ1) is 14.1. The fraction of sp³-hybridized carbons (Fsp3) is 0.235. The van der Waals surface area contributed by atoms with E-state index in [1.165, 1.54) is 11.1 Å². The van der Waals surface area contributed by atoms with Crippen LogP contribution in [0, 0.1) is 13.8 Å². The lowest BCUT2D eigenvalue weighted by atomic mass is 10.1. The summed E-state index contributed by atoms with van der Waals surface area (Å²) in [5.41, 5.74) is 5.19. The minimum absolute atomic E-state index is 0.0396. The van der Waals surface area contributed by atoms with E-state index in [1.807, 2.05) is 25.1 Å². The van der Waals surface area contributed by atoms with Crippen LogP contribution in [-0.2, 0) is 17.8 Å². The number of carboxylic acid groups (broad SMARTS) is 1. The molecule has 0 unspecified atom stereocenters. The molecule has 0 heterocycles. The first-order valence-corrected chi connectivity index (χ1v) is 6.65. The van der Waals surface area contributed by atoms with Gasteiger partial charge in [-0.2, -0.15) is 0 Å². The van der Waals surface area contributed by atoms with Crippen molar-refractivity contribution in [1.29, 1.82) is 0 Å². The lowest BCUT2D eigenvalue weighted by Crippen LogP contribution is -2.07. The normalized spacial score (nSPS) is 10.3. The van der Waals surface area contributed by atoms with Crippen molar-refractivity contribution in [3.63, 3.8) is 0 Å². The van der Waals surface area contributed by atoms with Gasteiger partial charge in [-0.3, -0.25) is 4.79 Å². The van der Waals surface area contributed by atoms with Crippen molar-refractivity contribution in [3.8, 4) is 0 Å². The SMILES string of the molecule is Cc1ccc(CNc2ccc(C)cc2CC(=O)O)cc1. The summed E-state index contributed by atoms with van der Waals surface area (Å²) in [6.07, 6.45) is 0.0396. The van der Waals surface area contributed by atoms with Gasteiger partial charge >= 0.3 is 5.97 Å². The highest BCUT2D eigenvalue weighted by atomic mass is 16.4. The van der Waals surface area contributed by atoms with Gasteiger partial charge in [-0.15, -0.1) is 0 Å². The Morgan fingerprint density at radius 1 is 1.05 bits per heavy atom. The maximum absolute atomic E-state index is 10.9. The summed E-state index contributed by atoms with van der Waals surface area (Å²) < 4.78 is 0. The highest BCUT2D eigenvalue weighted by molar-refractivity contribution is 5.73. The third kappa shape index (κ3) is 3.85. The third-order valence-corrected chi connectivity index (χ3v) is 3.21. The molecule has 0 radical (unpaired) electrons. The minimum atomic E-state index is -0.811. The van der Waals surface area contributed by atoms with E-state index in [0.29, 0.717) is 6.54 Å². The van der Waals surface area contributed by atoms with Crippen LogP contribution in [0.25, 0.3) is 0 Å². The van der Waals surface area contributed by atoms with Crippen molar-refractivity contribution in [3.05, 3.63) is 64.7 Å². The molecule has 3 heteroatoms. The zero-order chi connectivity index (χ0) is 14.5. The van der Waals surface area contributed by atoms with E-state index in [0.717, 1.165) is 16.8 Å². The van der Waals surface area contributed by atoms with Gasteiger partial charge in [-0.25, -0.2) is 0 Å². The average Bonchev–Trinajstić information content (AvgIpc) is 2.39. The molecule has 0 aromatic heterocycles. The van der Waals surface area contributed by atoms with Crippen molar-refractivity contribution < 1.29 is 9.90 Å². The Kier molecular flexibility index (Phi) is 4.41. The lowest BCUT2D eigenvalue weighted by Gasteiger charge is -2.12. The smallest absolute Gasteiger partial charge is 0.307 e. The summed E-state index contributed by atoms with van der Waals surface area (Å²) in [7, 11) is 0. The van der Waals surface area contributed by atoms with Crippen LogP contribution in [0.1, 0.15) is 22.3 Å². The summed E-state index contributed by atoms with van der Waals surface area (Å²) in [6.45, 7) is 4.72. The first-order chi connectivity index (χ1) is 9.54. The van der Waals surface area contributed by atoms with Crippen molar-refractivity contribution >= 4 is 11.7 Å². The van der Waals surface area contributed by atoms with Gasteiger partial charge in [0.05, 0.1) is 6.42 Å². The zero-order valence-electron chi connectivity index (χ0n) is 11.8. The van der Waals surface area contributed by atoms with Crippen LogP contribution in [-0.4, -0.2) is 11.1 Å². The molecular weight excluding hydrogens is 250 g/mol. The molecule has 2 rings (SSSR count). The Balaban J connectivity index is 2.12. The second-order valence-corrected chi connectivity index (χ2v) is 5.07. The Labute approximate surface area is 119 Å². The van der Waals surface area contributed by atoms with E-state index >= 15 is 0 Å². The molecule has 0 saturated carbocycles. The molecule has 0 spiro atoms. The van der Waals surface area contributed by atoms with Crippen LogP contribution >= 0.6 is 0 Å². The fourth-order valence-electron chi connectivity index (χ4n) is 2.11. The first-order valence-electron chi connectivity index (χ1n) is 6.65. The second-order valence-electron chi connectivity index (χ2n) is 5.07. The minimum Gasteiger partial charge on any atom is -0.481 e. The molecule has 0 aliphatic heterocycles. The number of carbonyl (C=O) groups is 1. The number of nitrogens with one attached hydrogen (secondary N) is 1. The quantitative estimate of drug-likeness (QED) is 0.872. The standard InChI is InChI=1S/C17H19NO2/c1-12-3-6-14(7-4-12)11-18-16-8-5-13(2)9-15(16)10-17(19)20/h3-9,18H,10-11H2,1-2H3,(H,19,20). The Morgan fingerprint density at radius 3 is 2.35 bits per heavy atom. The molecule has 104 valence electrons. The maximum Gasteiger partial charge on any atom is 0.307 e. The van der Waals surface area contributed by atoms with Gasteiger partial charge in [0.1, 0.15) is 0 Å². The Bertz CT molecular complexity index is 603. The van der Waals surface area contributed by atoms with Crippen molar-refractivity contribution in [2.45, 2.75) is 26.8 Å². The molecule has 20 heavy (non-hydrogen) atoms. The maximum atomic E-state index is 10.9. The van der Waals surface area contributed by atoms with Crippen molar-refractivity contribution in [1.82, 2.24) is 0 Å². The van der Waals surface area contributed by atoms with Crippen LogP contribution in [0.15, 0.2) is 42.5 Å². The highest BCUT2D eigenvalue weighted by Gasteiger charge is 2.07. The topological polar surface area (TPSA) is 49.3 Å². The second kappa shape index (κ2) is 6.24. The van der Waals surface area contributed by atoms with Crippen LogP contribution in [0.3, 0.4) is 0 Å². The van der Waals surface area contributed by atoms with E-state index in [9.17, 15) is 4.79 Å². The number of carboxylic acids is 1. The Hall–Kier alpha value is -2.29. The monoisotopic (exact) mass is 269 g/mol. The van der Waals surface area contributed by atoms with E-state index < -0.39 is 5.97 Å². The van der Waals surface area contributed by atoms with Gasteiger partial charge in [0.15, 0.2) is 0 Å². The van der Waals surface area contributed by atoms with Gasteiger partial charge < -0.3 is 10.4 Å². The zero-order valence-corrected chi connectivity index (χ0v) is 11.8. The van der Waals surface area contributed by atoms with Gasteiger partial charge in [0.25, 0.3) is 0 Å². The largest absolute Gasteiger partial charge is 0.481 e. The Morgan fingerprint density at radius 2 is 1.70 bits per heavy atom. The predicted molar refractivity (Wildman–Crippen MR) is 81.0 cm³/mol. The number of hydrogen-bond donors (Lipinski definition) is 2. The number of rotatable bonds is 5. The predicted octanol–water partition coefficient (Wildman–Crippen LogP) is 3.54. The van der Waals surface area contributed by atoms with Gasteiger partial charge in [-0.1, -0.05) is 47.5 Å². The molecular formula is C17H19NO2. The van der Waals surface area contributed by atoms with Crippen LogP contribution in [0.2, 0.25) is 0 Å². The molecule has 0 bridgehead atoms. The fourth-order valence-corrected chi connectivity index (χ4v) is 2.11. The molecule has 0 atom stereocenters. The van der Waals surface area contributed by atoms with Gasteiger partial charge in [-0.05, 0) is 31.0 Å². The van der Waals surface area contributed by atoms with Crippen LogP contribution in [0.5, 0.6) is 0 Å². The van der Waals surface area contributed by atoms with Gasteiger partial charge in [0.2, 0.25) is 0 Å². The number of benzene rings is 2. The van der Waals surface area contributed by atoms with E-state index in [4.69, 9.17) is 5.11 Å². The molecule has 2 N–H and O–H groups in total. The number of aliphatic carboxylic acids is 1. The van der Waals surface area contributed by atoms with Crippen LogP contribution in [0.4, 0.5) is 5.69 Å². The molecule has 0 saturated heterocycles. The molecule has 0 fully saturated rings. The molecule has 2 aromatic rings. The summed E-state index contributed by atoms with van der Waals surface area (Å²) in [6, 6.07) is 14.2. The molecule has 3 nitrogen and oxygen atoms in total. The number of hydrogen-bond acceptors (Lipinski definition) is 2. The third-order valence-electron chi connectivity index (χ3n) is 3.21. The van der Waals surface area contributed by atoms with E-state index in [2.05, 4.69) is 36.5 Å². The van der Waals surface area contributed by atoms with Crippen LogP contribution < -0.4 is 5.32 Å². The molecule has 0 aliphatic carbocycles. The summed E-state index contributed by atoms with van der Waals surface area (Å²) in [5, 5.41) is 12.3. The van der Waals surface area contributed by atoms with E-state index in [1.54, 1.807) is 0 Å². The summed E-state index contributed by atoms with van der Waals surface area (Å²) in [4.78, 5) is 10.9. The van der Waals surface area contributed by atoms with Crippen molar-refractivity contribution in [2.75, 3.05) is 5.32 Å². The summed E-state index contributed by atoms with van der Waals surface area (Å²) >= 11 is 0. The number of aryl methyl sites for hydroxylation is 2. The van der Waals surface area contributed by atoms with E-state index in [-0.39, 0.29) is 6.42 Å². The molecule has 0 amide bonds. The van der Waals surface area contributed by atoms with Gasteiger partial charge in [0, 0.05) is 12.2 Å². The lowest BCUT2D eigenvalue weighted by molar-refractivity contribution is -0.136. The molecule has 0 aliphatic rings. The highest BCUT2D eigenvalue weighted by Crippen LogP contribution is 2.19.